The zero-order chi connectivity index (χ0) is 10.6. The lowest BCUT2D eigenvalue weighted by Gasteiger charge is -2.10. The van der Waals surface area contributed by atoms with Crippen LogP contribution in [-0.4, -0.2) is 13.2 Å². The number of nitrogens with two attached hydrogens (primary N) is 1. The highest BCUT2D eigenvalue weighted by atomic mass is 79.9. The fraction of sp³-hybridized carbons (Fsp3) is 0.455. The second kappa shape index (κ2) is 5.37. The molecule has 1 aromatic carbocycles. The van der Waals surface area contributed by atoms with Gasteiger partial charge in [0, 0.05) is 10.5 Å². The molecule has 1 atom stereocenters. The van der Waals surface area contributed by atoms with E-state index in [1.807, 2.05) is 19.1 Å². The van der Waals surface area contributed by atoms with Gasteiger partial charge in [0.2, 0.25) is 0 Å². The number of methoxy groups -OCH3 is 1. The van der Waals surface area contributed by atoms with Gasteiger partial charge >= 0.3 is 0 Å². The van der Waals surface area contributed by atoms with Crippen molar-refractivity contribution in [3.63, 3.8) is 0 Å². The van der Waals surface area contributed by atoms with Crippen LogP contribution in [0.15, 0.2) is 22.7 Å². The number of aryl methyl sites for hydroxylation is 1. The average molecular weight is 258 g/mol. The summed E-state index contributed by atoms with van der Waals surface area (Å²) in [6, 6.07) is 6.32. The van der Waals surface area contributed by atoms with Crippen LogP contribution in [-0.2, 0) is 6.42 Å². The highest BCUT2D eigenvalue weighted by Crippen LogP contribution is 2.24. The van der Waals surface area contributed by atoms with Crippen molar-refractivity contribution in [2.75, 3.05) is 7.11 Å². The fourth-order valence-corrected chi connectivity index (χ4v) is 1.65. The highest BCUT2D eigenvalue weighted by molar-refractivity contribution is 9.10. The first kappa shape index (κ1) is 11.5. The third-order valence-electron chi connectivity index (χ3n) is 2.12. The molecular weight excluding hydrogens is 242 g/mol. The molecule has 0 saturated carbocycles. The van der Waals surface area contributed by atoms with Gasteiger partial charge in [0.25, 0.3) is 0 Å². The average Bonchev–Trinajstić information content (AvgIpc) is 2.15. The van der Waals surface area contributed by atoms with E-state index in [-0.39, 0.29) is 6.04 Å². The molecule has 1 aromatic rings. The molecule has 14 heavy (non-hydrogen) atoms. The summed E-state index contributed by atoms with van der Waals surface area (Å²) in [7, 11) is 1.69. The van der Waals surface area contributed by atoms with Crippen molar-refractivity contribution in [3.8, 4) is 5.75 Å². The van der Waals surface area contributed by atoms with Crippen LogP contribution in [0, 0.1) is 0 Å². The molecule has 2 N–H and O–H groups in total. The number of benzene rings is 1. The van der Waals surface area contributed by atoms with Crippen molar-refractivity contribution in [1.82, 2.24) is 0 Å². The van der Waals surface area contributed by atoms with Crippen LogP contribution in [0.3, 0.4) is 0 Å². The second-order valence-corrected chi connectivity index (χ2v) is 4.39. The fourth-order valence-electron chi connectivity index (χ4n) is 1.31. The lowest BCUT2D eigenvalue weighted by molar-refractivity contribution is 0.408. The highest BCUT2D eigenvalue weighted by Gasteiger charge is 2.04. The van der Waals surface area contributed by atoms with Crippen molar-refractivity contribution in [1.29, 1.82) is 0 Å². The van der Waals surface area contributed by atoms with Gasteiger partial charge in [-0.25, -0.2) is 0 Å². The quantitative estimate of drug-likeness (QED) is 0.901. The third-order valence-corrected chi connectivity index (χ3v) is 2.61. The predicted octanol–water partition coefficient (Wildman–Crippen LogP) is 2.74. The number of hydrogen-bond acceptors (Lipinski definition) is 2. The normalized spacial score (nSPS) is 12.6. The molecule has 0 aliphatic rings. The van der Waals surface area contributed by atoms with Crippen molar-refractivity contribution >= 4 is 15.9 Å². The Labute approximate surface area is 93.6 Å². The smallest absolute Gasteiger partial charge is 0.123 e. The molecule has 1 rings (SSSR count). The van der Waals surface area contributed by atoms with E-state index in [1.165, 1.54) is 5.56 Å². The standard InChI is InChI=1S/C11H16BrNO/c1-8(13)3-4-9-5-6-10(12)7-11(9)14-2/h5-8H,3-4,13H2,1-2H3/t8-/m0/s1. The SMILES string of the molecule is COc1cc(Br)ccc1CC[C@H](C)N. The van der Waals surface area contributed by atoms with E-state index in [1.54, 1.807) is 7.11 Å². The van der Waals surface area contributed by atoms with E-state index in [9.17, 15) is 0 Å². The summed E-state index contributed by atoms with van der Waals surface area (Å²) in [6.07, 6.45) is 1.95. The minimum atomic E-state index is 0.239. The van der Waals surface area contributed by atoms with Crippen LogP contribution >= 0.6 is 15.9 Å². The summed E-state index contributed by atoms with van der Waals surface area (Å²) >= 11 is 3.41. The lowest BCUT2D eigenvalue weighted by Crippen LogP contribution is -2.15. The Morgan fingerprint density at radius 2 is 2.21 bits per heavy atom. The van der Waals surface area contributed by atoms with Crippen LogP contribution in [0.2, 0.25) is 0 Å². The van der Waals surface area contributed by atoms with Gasteiger partial charge in [-0.15, -0.1) is 0 Å². The zero-order valence-electron chi connectivity index (χ0n) is 8.59. The molecule has 0 radical (unpaired) electrons. The van der Waals surface area contributed by atoms with Gasteiger partial charge in [0.15, 0.2) is 0 Å². The number of rotatable bonds is 4. The van der Waals surface area contributed by atoms with Gasteiger partial charge in [-0.1, -0.05) is 22.0 Å². The van der Waals surface area contributed by atoms with Crippen molar-refractivity contribution in [3.05, 3.63) is 28.2 Å². The van der Waals surface area contributed by atoms with Crippen LogP contribution in [0.4, 0.5) is 0 Å². The molecule has 78 valence electrons. The number of hydrogen-bond donors (Lipinski definition) is 1. The Hall–Kier alpha value is -0.540. The zero-order valence-corrected chi connectivity index (χ0v) is 10.2. The summed E-state index contributed by atoms with van der Waals surface area (Å²) in [5, 5.41) is 0. The molecule has 0 saturated heterocycles. The largest absolute Gasteiger partial charge is 0.496 e. The van der Waals surface area contributed by atoms with Gasteiger partial charge in [0.05, 0.1) is 7.11 Å². The molecular formula is C11H16BrNO. The first-order chi connectivity index (χ1) is 6.63. The minimum Gasteiger partial charge on any atom is -0.496 e. The molecule has 3 heteroatoms. The van der Waals surface area contributed by atoms with Gasteiger partial charge in [0.1, 0.15) is 5.75 Å². The molecule has 0 aliphatic carbocycles. The third kappa shape index (κ3) is 3.31. The van der Waals surface area contributed by atoms with Crippen molar-refractivity contribution < 1.29 is 4.74 Å². The molecule has 0 amide bonds. The van der Waals surface area contributed by atoms with E-state index < -0.39 is 0 Å². The summed E-state index contributed by atoms with van der Waals surface area (Å²) in [4.78, 5) is 0. The topological polar surface area (TPSA) is 35.2 Å². The predicted molar refractivity (Wildman–Crippen MR) is 62.7 cm³/mol. The maximum absolute atomic E-state index is 5.71. The second-order valence-electron chi connectivity index (χ2n) is 3.47. The van der Waals surface area contributed by atoms with Crippen LogP contribution in [0.25, 0.3) is 0 Å². The minimum absolute atomic E-state index is 0.239. The van der Waals surface area contributed by atoms with E-state index in [4.69, 9.17) is 10.5 Å². The maximum Gasteiger partial charge on any atom is 0.123 e. The van der Waals surface area contributed by atoms with Gasteiger partial charge in [-0.05, 0) is 37.5 Å². The Morgan fingerprint density at radius 1 is 1.50 bits per heavy atom. The van der Waals surface area contributed by atoms with E-state index in [2.05, 4.69) is 22.0 Å². The first-order valence-corrected chi connectivity index (χ1v) is 5.50. The van der Waals surface area contributed by atoms with Crippen LogP contribution < -0.4 is 10.5 Å². The summed E-state index contributed by atoms with van der Waals surface area (Å²) < 4.78 is 6.33. The molecule has 0 bridgehead atoms. The molecule has 0 spiro atoms. The van der Waals surface area contributed by atoms with E-state index >= 15 is 0 Å². The Morgan fingerprint density at radius 3 is 2.79 bits per heavy atom. The van der Waals surface area contributed by atoms with Crippen LogP contribution in [0.5, 0.6) is 5.75 Å². The van der Waals surface area contributed by atoms with Gasteiger partial charge in [-0.2, -0.15) is 0 Å². The van der Waals surface area contributed by atoms with Crippen LogP contribution in [0.1, 0.15) is 18.9 Å². The summed E-state index contributed by atoms with van der Waals surface area (Å²) in [5.41, 5.74) is 6.93. The molecule has 0 aromatic heterocycles. The van der Waals surface area contributed by atoms with E-state index in [0.717, 1.165) is 23.1 Å². The molecule has 0 aliphatic heterocycles. The summed E-state index contributed by atoms with van der Waals surface area (Å²) in [6.45, 7) is 2.02. The number of halogens is 1. The van der Waals surface area contributed by atoms with Crippen molar-refractivity contribution in [2.24, 2.45) is 5.73 Å². The van der Waals surface area contributed by atoms with Crippen molar-refractivity contribution in [2.45, 2.75) is 25.8 Å². The lowest BCUT2D eigenvalue weighted by atomic mass is 10.1. The Balaban J connectivity index is 2.75. The molecule has 2 nitrogen and oxygen atoms in total. The molecule has 0 unspecified atom stereocenters. The molecule has 0 fully saturated rings. The maximum atomic E-state index is 5.71. The summed E-state index contributed by atoms with van der Waals surface area (Å²) in [5.74, 6) is 0.931. The van der Waals surface area contributed by atoms with Gasteiger partial charge in [-0.3, -0.25) is 0 Å². The first-order valence-electron chi connectivity index (χ1n) is 4.71. The number of ether oxygens (including phenoxy) is 1. The van der Waals surface area contributed by atoms with Gasteiger partial charge < -0.3 is 10.5 Å². The Bertz CT molecular complexity index is 299. The molecule has 0 heterocycles. The monoisotopic (exact) mass is 257 g/mol. The Kier molecular flexibility index (Phi) is 4.42. The van der Waals surface area contributed by atoms with E-state index in [0.29, 0.717) is 0 Å².